The van der Waals surface area contributed by atoms with Crippen molar-refractivity contribution < 1.29 is 24.3 Å². The fourth-order valence-corrected chi connectivity index (χ4v) is 2.38. The maximum absolute atomic E-state index is 9.76. The Kier molecular flexibility index (Phi) is 5.21. The summed E-state index contributed by atoms with van der Waals surface area (Å²) in [5.41, 5.74) is 1.20. The lowest BCUT2D eigenvalue weighted by Crippen LogP contribution is -2.41. The molecule has 23 heavy (non-hydrogen) atoms. The van der Waals surface area contributed by atoms with Gasteiger partial charge < -0.3 is 24.3 Å². The van der Waals surface area contributed by atoms with Crippen molar-refractivity contribution in [1.82, 2.24) is 0 Å². The van der Waals surface area contributed by atoms with Crippen LogP contribution in [-0.4, -0.2) is 42.3 Å². The molecule has 0 unspecified atom stereocenters. The van der Waals surface area contributed by atoms with Crippen LogP contribution < -0.4 is 4.74 Å². The number of ether oxygens (including phenoxy) is 1. The van der Waals surface area contributed by atoms with Crippen LogP contribution in [-0.2, 0) is 15.9 Å². The maximum Gasteiger partial charge on any atom is 0.492 e. The van der Waals surface area contributed by atoms with Crippen molar-refractivity contribution in [3.8, 4) is 5.75 Å². The lowest BCUT2D eigenvalue weighted by Gasteiger charge is -2.32. The van der Waals surface area contributed by atoms with E-state index < -0.39 is 18.3 Å². The SMILES string of the molecule is COc1ccc(CO)cc1C=C(CO)B1OC(C)(C)C(C)(C)O1. The molecule has 5 nitrogen and oxygen atoms in total. The van der Waals surface area contributed by atoms with E-state index in [4.69, 9.17) is 14.0 Å². The first-order valence-electron chi connectivity index (χ1n) is 7.69. The van der Waals surface area contributed by atoms with Gasteiger partial charge in [-0.15, -0.1) is 0 Å². The molecule has 0 radical (unpaired) electrons. The minimum absolute atomic E-state index is 0.0597. The minimum Gasteiger partial charge on any atom is -0.496 e. The Morgan fingerprint density at radius 2 is 1.78 bits per heavy atom. The molecule has 0 amide bonds. The van der Waals surface area contributed by atoms with E-state index in [1.54, 1.807) is 25.3 Å². The van der Waals surface area contributed by atoms with Gasteiger partial charge in [0.05, 0.1) is 31.5 Å². The monoisotopic (exact) mass is 320 g/mol. The van der Waals surface area contributed by atoms with Crippen LogP contribution >= 0.6 is 0 Å². The summed E-state index contributed by atoms with van der Waals surface area (Å²) < 4.78 is 17.3. The second-order valence-corrected chi connectivity index (χ2v) is 6.70. The Labute approximate surface area is 138 Å². The summed E-state index contributed by atoms with van der Waals surface area (Å²) in [4.78, 5) is 0. The first-order chi connectivity index (χ1) is 10.7. The maximum atomic E-state index is 9.76. The lowest BCUT2D eigenvalue weighted by molar-refractivity contribution is 0.00578. The Morgan fingerprint density at radius 1 is 1.17 bits per heavy atom. The van der Waals surface area contributed by atoms with E-state index in [1.807, 2.05) is 33.8 Å². The van der Waals surface area contributed by atoms with Crippen LogP contribution in [0.3, 0.4) is 0 Å². The molecule has 0 aliphatic carbocycles. The predicted octanol–water partition coefficient (Wildman–Crippen LogP) is 2.19. The molecule has 126 valence electrons. The Balaban J connectivity index is 2.37. The quantitative estimate of drug-likeness (QED) is 0.814. The molecule has 1 fully saturated rings. The molecule has 0 atom stereocenters. The first-order valence-corrected chi connectivity index (χ1v) is 7.69. The number of hydrogen-bond donors (Lipinski definition) is 2. The van der Waals surface area contributed by atoms with Crippen molar-refractivity contribution in [3.63, 3.8) is 0 Å². The van der Waals surface area contributed by atoms with Gasteiger partial charge in [0.25, 0.3) is 0 Å². The zero-order valence-corrected chi connectivity index (χ0v) is 14.4. The third kappa shape index (κ3) is 3.61. The summed E-state index contributed by atoms with van der Waals surface area (Å²) in [6.07, 6.45) is 1.79. The molecule has 0 aromatic heterocycles. The lowest BCUT2D eigenvalue weighted by atomic mass is 9.77. The van der Waals surface area contributed by atoms with E-state index in [2.05, 4.69) is 0 Å². The fourth-order valence-electron chi connectivity index (χ4n) is 2.38. The molecule has 1 aliphatic rings. The summed E-state index contributed by atoms with van der Waals surface area (Å²) in [6.45, 7) is 7.62. The summed E-state index contributed by atoms with van der Waals surface area (Å²) >= 11 is 0. The summed E-state index contributed by atoms with van der Waals surface area (Å²) in [5, 5.41) is 19.1. The first kappa shape index (κ1) is 18.0. The third-order valence-corrected chi connectivity index (χ3v) is 4.56. The normalized spacial score (nSPS) is 20.0. The molecular formula is C17H25BO5. The Morgan fingerprint density at radius 3 is 2.26 bits per heavy atom. The van der Waals surface area contributed by atoms with Crippen LogP contribution in [0.5, 0.6) is 5.75 Å². The van der Waals surface area contributed by atoms with E-state index >= 15 is 0 Å². The van der Waals surface area contributed by atoms with Crippen molar-refractivity contribution in [1.29, 1.82) is 0 Å². The van der Waals surface area contributed by atoms with Gasteiger partial charge in [-0.3, -0.25) is 0 Å². The Bertz CT molecular complexity index is 579. The van der Waals surface area contributed by atoms with E-state index in [-0.39, 0.29) is 13.2 Å². The second-order valence-electron chi connectivity index (χ2n) is 6.70. The summed E-state index contributed by atoms with van der Waals surface area (Å²) in [6, 6.07) is 5.40. The molecule has 1 aromatic carbocycles. The van der Waals surface area contributed by atoms with Gasteiger partial charge in [0, 0.05) is 5.56 Å². The van der Waals surface area contributed by atoms with Gasteiger partial charge in [0.15, 0.2) is 0 Å². The molecule has 1 heterocycles. The highest BCUT2D eigenvalue weighted by Crippen LogP contribution is 2.39. The molecular weight excluding hydrogens is 295 g/mol. The average Bonchev–Trinajstić information content (AvgIpc) is 2.72. The highest BCUT2D eigenvalue weighted by Gasteiger charge is 2.52. The third-order valence-electron chi connectivity index (χ3n) is 4.56. The van der Waals surface area contributed by atoms with Gasteiger partial charge >= 0.3 is 7.12 Å². The van der Waals surface area contributed by atoms with Crippen LogP contribution in [0.15, 0.2) is 23.7 Å². The van der Waals surface area contributed by atoms with Gasteiger partial charge in [0.1, 0.15) is 5.75 Å². The van der Waals surface area contributed by atoms with Crippen molar-refractivity contribution in [2.75, 3.05) is 13.7 Å². The standard InChI is InChI=1S/C17H25BO5/c1-16(2)17(3,4)23-18(22-16)14(11-20)9-13-8-12(10-19)6-7-15(13)21-5/h6-9,19-20H,10-11H2,1-5H3. The van der Waals surface area contributed by atoms with E-state index in [9.17, 15) is 10.2 Å². The Hall–Kier alpha value is -1.34. The van der Waals surface area contributed by atoms with Gasteiger partial charge in [-0.2, -0.15) is 0 Å². The van der Waals surface area contributed by atoms with Crippen LogP contribution in [0.4, 0.5) is 0 Å². The van der Waals surface area contributed by atoms with Crippen LogP contribution in [0.1, 0.15) is 38.8 Å². The molecule has 6 heteroatoms. The summed E-state index contributed by atoms with van der Waals surface area (Å²) in [7, 11) is 0.964. The second kappa shape index (κ2) is 6.65. The van der Waals surface area contributed by atoms with Crippen molar-refractivity contribution in [2.45, 2.75) is 45.5 Å². The van der Waals surface area contributed by atoms with Crippen molar-refractivity contribution >= 4 is 13.2 Å². The molecule has 0 spiro atoms. The van der Waals surface area contributed by atoms with Crippen LogP contribution in [0.2, 0.25) is 0 Å². The number of aliphatic hydroxyl groups excluding tert-OH is 2. The van der Waals surface area contributed by atoms with E-state index in [1.165, 1.54) is 0 Å². The number of benzene rings is 1. The molecule has 0 bridgehead atoms. The highest BCUT2D eigenvalue weighted by molar-refractivity contribution is 6.55. The molecule has 1 saturated heterocycles. The highest BCUT2D eigenvalue weighted by atomic mass is 16.7. The topological polar surface area (TPSA) is 68.2 Å². The van der Waals surface area contributed by atoms with Crippen LogP contribution in [0, 0.1) is 0 Å². The fraction of sp³-hybridized carbons (Fsp3) is 0.529. The van der Waals surface area contributed by atoms with Gasteiger partial charge in [-0.25, -0.2) is 0 Å². The van der Waals surface area contributed by atoms with E-state index in [0.717, 1.165) is 11.1 Å². The van der Waals surface area contributed by atoms with E-state index in [0.29, 0.717) is 11.2 Å². The van der Waals surface area contributed by atoms with Gasteiger partial charge in [0.2, 0.25) is 0 Å². The molecule has 1 aromatic rings. The van der Waals surface area contributed by atoms with Crippen LogP contribution in [0.25, 0.3) is 6.08 Å². The summed E-state index contributed by atoms with van der Waals surface area (Å²) in [5.74, 6) is 0.657. The predicted molar refractivity (Wildman–Crippen MR) is 90.1 cm³/mol. The average molecular weight is 320 g/mol. The van der Waals surface area contributed by atoms with Crippen molar-refractivity contribution in [3.05, 3.63) is 34.8 Å². The zero-order chi connectivity index (χ0) is 17.3. The number of aliphatic hydroxyl groups is 2. The minimum atomic E-state index is -0.618. The van der Waals surface area contributed by atoms with Gasteiger partial charge in [-0.05, 0) is 50.9 Å². The zero-order valence-electron chi connectivity index (χ0n) is 14.4. The van der Waals surface area contributed by atoms with Crippen molar-refractivity contribution in [2.24, 2.45) is 0 Å². The molecule has 1 aliphatic heterocycles. The smallest absolute Gasteiger partial charge is 0.492 e. The molecule has 2 N–H and O–H groups in total. The molecule has 2 rings (SSSR count). The largest absolute Gasteiger partial charge is 0.496 e. The number of hydrogen-bond acceptors (Lipinski definition) is 5. The molecule has 0 saturated carbocycles. The van der Waals surface area contributed by atoms with Gasteiger partial charge in [-0.1, -0.05) is 12.1 Å². The number of rotatable bonds is 5. The number of methoxy groups -OCH3 is 1.